The van der Waals surface area contributed by atoms with Crippen LogP contribution in [0.1, 0.15) is 34.8 Å². The molecular weight excluding hydrogens is 388 g/mol. The van der Waals surface area contributed by atoms with Crippen LogP contribution in [-0.4, -0.2) is 60.5 Å². The van der Waals surface area contributed by atoms with Crippen molar-refractivity contribution in [1.82, 2.24) is 9.97 Å². The molecule has 30 heavy (non-hydrogen) atoms. The summed E-state index contributed by atoms with van der Waals surface area (Å²) in [7, 11) is 0. The molecule has 2 atom stereocenters. The standard InChI is InChI=1S/C22H22N2O6/c1-13-11-27-9-10-28-12-14(2)30-22(26)18-8-6-16-4-3-15-5-7-17(21(25)29-13)23-19(15)20(16)24-18/h3-8,13-14H,9-12H2,1-2H3/t13-,14-/m0/s1. The predicted molar refractivity (Wildman–Crippen MR) is 108 cm³/mol. The van der Waals surface area contributed by atoms with Gasteiger partial charge in [-0.15, -0.1) is 0 Å². The molecule has 0 saturated carbocycles. The first kappa shape index (κ1) is 20.2. The molecule has 4 bridgehead atoms. The average Bonchev–Trinajstić information content (AvgIpc) is 2.74. The number of fused-ring (bicyclic) bond motifs is 2. The SMILES string of the molecule is C[C@H]1COCCOC[C@H](C)OC(=O)c2ccc3ccc4ccc(nc4c3n2)C(=O)O1. The second kappa shape index (κ2) is 8.73. The fourth-order valence-electron chi connectivity index (χ4n) is 3.17. The van der Waals surface area contributed by atoms with Gasteiger partial charge in [0, 0.05) is 10.8 Å². The Balaban J connectivity index is 1.77. The molecule has 0 unspecified atom stereocenters. The van der Waals surface area contributed by atoms with E-state index >= 15 is 0 Å². The molecule has 8 nitrogen and oxygen atoms in total. The van der Waals surface area contributed by atoms with Crippen molar-refractivity contribution in [2.24, 2.45) is 0 Å². The van der Waals surface area contributed by atoms with E-state index < -0.39 is 24.1 Å². The molecule has 156 valence electrons. The number of benzene rings is 1. The Labute approximate surface area is 173 Å². The highest BCUT2D eigenvalue weighted by atomic mass is 16.6. The number of esters is 2. The fraction of sp³-hybridized carbons (Fsp3) is 0.364. The molecule has 3 heterocycles. The van der Waals surface area contributed by atoms with Crippen LogP contribution < -0.4 is 0 Å². The van der Waals surface area contributed by atoms with Gasteiger partial charge in [0.15, 0.2) is 0 Å². The van der Waals surface area contributed by atoms with Crippen molar-refractivity contribution in [3.8, 4) is 0 Å². The van der Waals surface area contributed by atoms with E-state index in [1.54, 1.807) is 38.1 Å². The van der Waals surface area contributed by atoms with E-state index in [4.69, 9.17) is 18.9 Å². The maximum atomic E-state index is 12.5. The molecule has 2 aromatic heterocycles. The quantitative estimate of drug-likeness (QED) is 0.412. The highest BCUT2D eigenvalue weighted by Crippen LogP contribution is 2.24. The summed E-state index contributed by atoms with van der Waals surface area (Å²) >= 11 is 0. The summed E-state index contributed by atoms with van der Waals surface area (Å²) < 4.78 is 21.8. The molecule has 0 fully saturated rings. The summed E-state index contributed by atoms with van der Waals surface area (Å²) in [6.45, 7) is 4.64. The highest BCUT2D eigenvalue weighted by molar-refractivity contribution is 6.05. The monoisotopic (exact) mass is 410 g/mol. The van der Waals surface area contributed by atoms with Crippen LogP contribution >= 0.6 is 0 Å². The Morgan fingerprint density at radius 1 is 0.700 bits per heavy atom. The van der Waals surface area contributed by atoms with Gasteiger partial charge in [-0.3, -0.25) is 0 Å². The second-order valence-corrected chi connectivity index (χ2v) is 7.18. The topological polar surface area (TPSA) is 96.8 Å². The number of carbonyl (C=O) groups excluding carboxylic acids is 2. The molecule has 1 aliphatic rings. The zero-order valence-corrected chi connectivity index (χ0v) is 16.8. The molecule has 1 aromatic carbocycles. The number of cyclic esters (lactones) is 2. The van der Waals surface area contributed by atoms with Crippen LogP contribution in [0.3, 0.4) is 0 Å². The molecule has 0 spiro atoms. The molecular formula is C22H22N2O6. The van der Waals surface area contributed by atoms with Crippen LogP contribution in [-0.2, 0) is 18.9 Å². The summed E-state index contributed by atoms with van der Waals surface area (Å²) in [5, 5.41) is 1.59. The van der Waals surface area contributed by atoms with Gasteiger partial charge in [0.2, 0.25) is 0 Å². The van der Waals surface area contributed by atoms with Gasteiger partial charge in [-0.2, -0.15) is 0 Å². The fourth-order valence-corrected chi connectivity index (χ4v) is 3.17. The van der Waals surface area contributed by atoms with E-state index in [2.05, 4.69) is 9.97 Å². The molecule has 0 N–H and O–H groups in total. The lowest BCUT2D eigenvalue weighted by Crippen LogP contribution is -2.24. The Bertz CT molecular complexity index is 1010. The average molecular weight is 410 g/mol. The minimum absolute atomic E-state index is 0.162. The summed E-state index contributed by atoms with van der Waals surface area (Å²) in [6, 6.07) is 10.6. The van der Waals surface area contributed by atoms with Crippen LogP contribution in [0.5, 0.6) is 0 Å². The molecule has 0 radical (unpaired) electrons. The van der Waals surface area contributed by atoms with Crippen molar-refractivity contribution < 1.29 is 28.5 Å². The molecule has 3 aromatic rings. The van der Waals surface area contributed by atoms with Crippen LogP contribution in [0.2, 0.25) is 0 Å². The first-order valence-electron chi connectivity index (χ1n) is 9.79. The first-order chi connectivity index (χ1) is 14.5. The zero-order chi connectivity index (χ0) is 21.1. The van der Waals surface area contributed by atoms with Crippen molar-refractivity contribution in [1.29, 1.82) is 0 Å². The molecule has 4 rings (SSSR count). The normalized spacial score (nSPS) is 21.5. The van der Waals surface area contributed by atoms with Crippen molar-refractivity contribution in [2.45, 2.75) is 26.1 Å². The second-order valence-electron chi connectivity index (χ2n) is 7.18. The molecule has 0 saturated heterocycles. The van der Waals surface area contributed by atoms with E-state index in [1.807, 2.05) is 12.1 Å². The third-order valence-corrected chi connectivity index (χ3v) is 4.63. The van der Waals surface area contributed by atoms with Gasteiger partial charge in [-0.05, 0) is 26.0 Å². The molecule has 0 aliphatic carbocycles. The van der Waals surface area contributed by atoms with Crippen LogP contribution in [0.15, 0.2) is 36.4 Å². The van der Waals surface area contributed by atoms with Crippen molar-refractivity contribution >= 4 is 33.7 Å². The third kappa shape index (κ3) is 4.39. The van der Waals surface area contributed by atoms with Gasteiger partial charge >= 0.3 is 11.9 Å². The molecule has 8 heteroatoms. The van der Waals surface area contributed by atoms with Crippen LogP contribution in [0.4, 0.5) is 0 Å². The van der Waals surface area contributed by atoms with E-state index in [1.165, 1.54) is 0 Å². The maximum absolute atomic E-state index is 12.5. The Kier molecular flexibility index (Phi) is 5.87. The lowest BCUT2D eigenvalue weighted by atomic mass is 10.1. The summed E-state index contributed by atoms with van der Waals surface area (Å²) in [4.78, 5) is 34.0. The molecule has 1 aliphatic heterocycles. The number of carbonyl (C=O) groups is 2. The van der Waals surface area contributed by atoms with E-state index in [0.717, 1.165) is 10.8 Å². The van der Waals surface area contributed by atoms with Crippen LogP contribution in [0.25, 0.3) is 21.8 Å². The lowest BCUT2D eigenvalue weighted by Gasteiger charge is -2.16. The number of nitrogens with zero attached hydrogens (tertiary/aromatic N) is 2. The number of aromatic nitrogens is 2. The minimum atomic E-state index is -0.549. The van der Waals surface area contributed by atoms with Gasteiger partial charge < -0.3 is 18.9 Å². The highest BCUT2D eigenvalue weighted by Gasteiger charge is 2.18. The van der Waals surface area contributed by atoms with Crippen molar-refractivity contribution in [3.63, 3.8) is 0 Å². The lowest BCUT2D eigenvalue weighted by molar-refractivity contribution is -0.0289. The Morgan fingerprint density at radius 2 is 1.10 bits per heavy atom. The number of ether oxygens (including phenoxy) is 4. The first-order valence-corrected chi connectivity index (χ1v) is 9.79. The van der Waals surface area contributed by atoms with E-state index in [0.29, 0.717) is 24.2 Å². The number of hydrogen-bond donors (Lipinski definition) is 0. The zero-order valence-electron chi connectivity index (χ0n) is 16.8. The Morgan fingerprint density at radius 3 is 1.53 bits per heavy atom. The Hall–Kier alpha value is -3.10. The van der Waals surface area contributed by atoms with Crippen LogP contribution in [0, 0.1) is 0 Å². The molecule has 0 amide bonds. The number of rotatable bonds is 0. The van der Waals surface area contributed by atoms with E-state index in [-0.39, 0.29) is 24.6 Å². The smallest absolute Gasteiger partial charge is 0.357 e. The van der Waals surface area contributed by atoms with Crippen molar-refractivity contribution in [2.75, 3.05) is 26.4 Å². The summed E-state index contributed by atoms with van der Waals surface area (Å²) in [5.74, 6) is -1.10. The van der Waals surface area contributed by atoms with Gasteiger partial charge in [-0.25, -0.2) is 19.6 Å². The number of pyridine rings is 2. The van der Waals surface area contributed by atoms with Crippen molar-refractivity contribution in [3.05, 3.63) is 47.8 Å². The largest absolute Gasteiger partial charge is 0.455 e. The summed E-state index contributed by atoms with van der Waals surface area (Å²) in [6.07, 6.45) is -0.878. The maximum Gasteiger partial charge on any atom is 0.357 e. The summed E-state index contributed by atoms with van der Waals surface area (Å²) in [5.41, 5.74) is 1.35. The van der Waals surface area contributed by atoms with E-state index in [9.17, 15) is 9.59 Å². The minimum Gasteiger partial charge on any atom is -0.455 e. The van der Waals surface area contributed by atoms with Gasteiger partial charge in [0.25, 0.3) is 0 Å². The predicted octanol–water partition coefficient (Wildman–Crippen LogP) is 2.92. The number of hydrogen-bond acceptors (Lipinski definition) is 8. The van der Waals surface area contributed by atoms with Gasteiger partial charge in [0.05, 0.1) is 37.5 Å². The third-order valence-electron chi connectivity index (χ3n) is 4.63. The van der Waals surface area contributed by atoms with Gasteiger partial charge in [-0.1, -0.05) is 24.3 Å². The van der Waals surface area contributed by atoms with Gasteiger partial charge in [0.1, 0.15) is 23.6 Å².